The Labute approximate surface area is 110 Å². The molecule has 2 rings (SSSR count). The van der Waals surface area contributed by atoms with Crippen LogP contribution in [0.15, 0.2) is 0 Å². The fourth-order valence-electron chi connectivity index (χ4n) is 2.99. The lowest BCUT2D eigenvalue weighted by molar-refractivity contribution is -0.124. The fraction of sp³-hybridized carbons (Fsp3) is 0.929. The zero-order chi connectivity index (χ0) is 13.0. The molecular formula is C14H26N2O2. The molecule has 0 radical (unpaired) electrons. The van der Waals surface area contributed by atoms with Crippen LogP contribution >= 0.6 is 0 Å². The molecule has 0 aromatic heterocycles. The van der Waals surface area contributed by atoms with Crippen LogP contribution in [0.4, 0.5) is 0 Å². The van der Waals surface area contributed by atoms with Crippen molar-refractivity contribution in [1.82, 2.24) is 10.6 Å². The van der Waals surface area contributed by atoms with Gasteiger partial charge in [0.1, 0.15) is 0 Å². The van der Waals surface area contributed by atoms with Gasteiger partial charge in [-0.15, -0.1) is 0 Å². The Hall–Kier alpha value is -0.610. The minimum atomic E-state index is -0.353. The molecule has 1 amide bonds. The SMILES string of the molecule is CC1CCCC(CO)(NC(=O)CCNC2CC2)C1. The Morgan fingerprint density at radius 3 is 2.78 bits per heavy atom. The van der Waals surface area contributed by atoms with Crippen molar-refractivity contribution < 1.29 is 9.90 Å². The largest absolute Gasteiger partial charge is 0.394 e. The molecule has 2 saturated carbocycles. The molecule has 2 fully saturated rings. The lowest BCUT2D eigenvalue weighted by Gasteiger charge is -2.39. The third-order valence-electron chi connectivity index (χ3n) is 4.16. The van der Waals surface area contributed by atoms with Crippen molar-refractivity contribution in [1.29, 1.82) is 0 Å². The van der Waals surface area contributed by atoms with Gasteiger partial charge in [-0.2, -0.15) is 0 Å². The summed E-state index contributed by atoms with van der Waals surface area (Å²) in [5.41, 5.74) is -0.353. The molecule has 2 unspecified atom stereocenters. The summed E-state index contributed by atoms with van der Waals surface area (Å²) < 4.78 is 0. The molecular weight excluding hydrogens is 228 g/mol. The molecule has 0 spiro atoms. The van der Waals surface area contributed by atoms with Gasteiger partial charge < -0.3 is 15.7 Å². The minimum Gasteiger partial charge on any atom is -0.394 e. The monoisotopic (exact) mass is 254 g/mol. The molecule has 3 N–H and O–H groups in total. The van der Waals surface area contributed by atoms with Crippen LogP contribution in [0.1, 0.15) is 51.9 Å². The molecule has 4 heteroatoms. The Kier molecular flexibility index (Phi) is 4.62. The first-order valence-electron chi connectivity index (χ1n) is 7.29. The van der Waals surface area contributed by atoms with E-state index in [2.05, 4.69) is 17.6 Å². The second-order valence-corrected chi connectivity index (χ2v) is 6.17. The van der Waals surface area contributed by atoms with Gasteiger partial charge in [-0.3, -0.25) is 4.79 Å². The predicted molar refractivity (Wildman–Crippen MR) is 71.2 cm³/mol. The van der Waals surface area contributed by atoms with Gasteiger partial charge in [0, 0.05) is 19.0 Å². The number of amides is 1. The molecule has 2 atom stereocenters. The van der Waals surface area contributed by atoms with Crippen molar-refractivity contribution in [2.45, 2.75) is 63.5 Å². The molecule has 0 aliphatic heterocycles. The van der Waals surface area contributed by atoms with Crippen LogP contribution < -0.4 is 10.6 Å². The van der Waals surface area contributed by atoms with E-state index in [0.29, 0.717) is 18.4 Å². The van der Waals surface area contributed by atoms with Crippen molar-refractivity contribution in [3.8, 4) is 0 Å². The normalized spacial score (nSPS) is 32.2. The van der Waals surface area contributed by atoms with Gasteiger partial charge in [-0.25, -0.2) is 0 Å². The maximum atomic E-state index is 11.9. The molecule has 0 bridgehead atoms. The average Bonchev–Trinajstić information content (AvgIpc) is 3.13. The molecule has 104 valence electrons. The van der Waals surface area contributed by atoms with Crippen LogP contribution in [0.2, 0.25) is 0 Å². The van der Waals surface area contributed by atoms with Crippen LogP contribution in [0.25, 0.3) is 0 Å². The van der Waals surface area contributed by atoms with Crippen LogP contribution in [0, 0.1) is 5.92 Å². The van der Waals surface area contributed by atoms with Gasteiger partial charge in [0.2, 0.25) is 5.91 Å². The zero-order valence-corrected chi connectivity index (χ0v) is 11.4. The number of hydrogen-bond acceptors (Lipinski definition) is 3. The summed E-state index contributed by atoms with van der Waals surface area (Å²) in [6, 6.07) is 0.652. The summed E-state index contributed by atoms with van der Waals surface area (Å²) >= 11 is 0. The topological polar surface area (TPSA) is 61.4 Å². The highest BCUT2D eigenvalue weighted by molar-refractivity contribution is 5.77. The summed E-state index contributed by atoms with van der Waals surface area (Å²) in [7, 11) is 0. The van der Waals surface area contributed by atoms with E-state index in [9.17, 15) is 9.90 Å². The Bertz CT molecular complexity index is 292. The first-order valence-corrected chi connectivity index (χ1v) is 7.29. The number of hydrogen-bond donors (Lipinski definition) is 3. The lowest BCUT2D eigenvalue weighted by atomic mass is 9.77. The summed E-state index contributed by atoms with van der Waals surface area (Å²) in [6.45, 7) is 3.02. The number of aliphatic hydroxyl groups is 1. The van der Waals surface area contributed by atoms with Crippen molar-refractivity contribution in [3.05, 3.63) is 0 Å². The molecule has 4 nitrogen and oxygen atoms in total. The molecule has 2 aliphatic rings. The van der Waals surface area contributed by atoms with Gasteiger partial charge in [0.15, 0.2) is 0 Å². The summed E-state index contributed by atoms with van der Waals surface area (Å²) in [5, 5.41) is 16.0. The van der Waals surface area contributed by atoms with Gasteiger partial charge in [0.25, 0.3) is 0 Å². The molecule has 0 saturated heterocycles. The highest BCUT2D eigenvalue weighted by Gasteiger charge is 2.35. The van der Waals surface area contributed by atoms with Gasteiger partial charge >= 0.3 is 0 Å². The maximum absolute atomic E-state index is 11.9. The lowest BCUT2D eigenvalue weighted by Crippen LogP contribution is -2.54. The van der Waals surface area contributed by atoms with Crippen LogP contribution in [-0.2, 0) is 4.79 Å². The molecule has 0 aromatic carbocycles. The van der Waals surface area contributed by atoms with Crippen LogP contribution in [-0.4, -0.2) is 35.7 Å². The Morgan fingerprint density at radius 2 is 2.17 bits per heavy atom. The first kappa shape index (κ1) is 13.8. The zero-order valence-electron chi connectivity index (χ0n) is 11.4. The fourth-order valence-corrected chi connectivity index (χ4v) is 2.99. The second-order valence-electron chi connectivity index (χ2n) is 6.17. The van der Waals surface area contributed by atoms with E-state index in [4.69, 9.17) is 0 Å². The van der Waals surface area contributed by atoms with Gasteiger partial charge in [0.05, 0.1) is 12.1 Å². The van der Waals surface area contributed by atoms with Crippen molar-refractivity contribution in [2.75, 3.05) is 13.2 Å². The highest BCUT2D eigenvalue weighted by atomic mass is 16.3. The van der Waals surface area contributed by atoms with E-state index in [1.54, 1.807) is 0 Å². The van der Waals surface area contributed by atoms with Crippen LogP contribution in [0.5, 0.6) is 0 Å². The highest BCUT2D eigenvalue weighted by Crippen LogP contribution is 2.32. The summed E-state index contributed by atoms with van der Waals surface area (Å²) in [4.78, 5) is 11.9. The molecule has 2 aliphatic carbocycles. The predicted octanol–water partition coefficient (Wildman–Crippen LogP) is 1.19. The number of aliphatic hydroxyl groups excluding tert-OH is 1. The third kappa shape index (κ3) is 3.95. The van der Waals surface area contributed by atoms with E-state index in [1.807, 2.05) is 0 Å². The Morgan fingerprint density at radius 1 is 1.39 bits per heavy atom. The van der Waals surface area contributed by atoms with E-state index in [1.165, 1.54) is 19.3 Å². The van der Waals surface area contributed by atoms with Gasteiger partial charge in [-0.05, 0) is 31.6 Å². The molecule has 18 heavy (non-hydrogen) atoms. The first-order chi connectivity index (χ1) is 8.63. The van der Waals surface area contributed by atoms with E-state index in [0.717, 1.165) is 25.8 Å². The number of carbonyl (C=O) groups is 1. The summed E-state index contributed by atoms with van der Waals surface area (Å²) in [5.74, 6) is 0.669. The van der Waals surface area contributed by atoms with Crippen LogP contribution in [0.3, 0.4) is 0 Å². The third-order valence-corrected chi connectivity index (χ3v) is 4.16. The number of rotatable bonds is 6. The molecule has 0 aromatic rings. The van der Waals surface area contributed by atoms with E-state index >= 15 is 0 Å². The van der Waals surface area contributed by atoms with Crippen molar-refractivity contribution in [2.24, 2.45) is 5.92 Å². The van der Waals surface area contributed by atoms with Crippen molar-refractivity contribution >= 4 is 5.91 Å². The Balaban J connectivity index is 1.74. The maximum Gasteiger partial charge on any atom is 0.221 e. The number of carbonyl (C=O) groups excluding carboxylic acids is 1. The quantitative estimate of drug-likeness (QED) is 0.667. The van der Waals surface area contributed by atoms with Gasteiger partial charge in [-0.1, -0.05) is 19.8 Å². The summed E-state index contributed by atoms with van der Waals surface area (Å²) in [6.07, 6.45) is 7.15. The molecule has 0 heterocycles. The van der Waals surface area contributed by atoms with E-state index in [-0.39, 0.29) is 18.1 Å². The van der Waals surface area contributed by atoms with E-state index < -0.39 is 0 Å². The van der Waals surface area contributed by atoms with Crippen molar-refractivity contribution in [3.63, 3.8) is 0 Å². The standard InChI is InChI=1S/C14H26N2O2/c1-11-3-2-7-14(9-11,10-17)16-13(18)6-8-15-12-4-5-12/h11-12,15,17H,2-10H2,1H3,(H,16,18). The smallest absolute Gasteiger partial charge is 0.221 e. The minimum absolute atomic E-state index is 0.0686. The number of nitrogens with one attached hydrogen (secondary N) is 2. The average molecular weight is 254 g/mol. The second kappa shape index (κ2) is 6.02.